The van der Waals surface area contributed by atoms with E-state index in [1.165, 1.54) is 6.33 Å². The smallest absolute Gasteiger partial charge is 0.219 e. The maximum Gasteiger partial charge on any atom is 0.219 e. The first kappa shape index (κ1) is 22.8. The lowest BCUT2D eigenvalue weighted by atomic mass is 9.80. The number of halogens is 1. The van der Waals surface area contributed by atoms with Crippen LogP contribution in [-0.2, 0) is 0 Å². The van der Waals surface area contributed by atoms with Gasteiger partial charge in [0.25, 0.3) is 0 Å². The number of nitrogens with two attached hydrogens (primary N) is 1. The quantitative estimate of drug-likeness (QED) is 0.300. The number of fused-ring (bicyclic) bond motifs is 2. The summed E-state index contributed by atoms with van der Waals surface area (Å²) in [5.41, 5.74) is 9.78. The molecule has 36 heavy (non-hydrogen) atoms. The van der Waals surface area contributed by atoms with E-state index >= 15 is 0 Å². The summed E-state index contributed by atoms with van der Waals surface area (Å²) >= 11 is 6.82. The molecule has 0 radical (unpaired) electrons. The third-order valence-corrected chi connectivity index (χ3v) is 7.19. The number of para-hydroxylation sites is 1. The summed E-state index contributed by atoms with van der Waals surface area (Å²) < 4.78 is 8.20. The zero-order valence-electron chi connectivity index (χ0n) is 20.2. The van der Waals surface area contributed by atoms with Gasteiger partial charge in [-0.25, -0.2) is 15.0 Å². The molecule has 8 heteroatoms. The van der Waals surface area contributed by atoms with Gasteiger partial charge < -0.3 is 19.9 Å². The lowest BCUT2D eigenvalue weighted by Gasteiger charge is -2.38. The molecule has 6 rings (SSSR count). The molecule has 0 amide bonds. The predicted molar refractivity (Wildman–Crippen MR) is 145 cm³/mol. The normalized spacial score (nSPS) is 17.6. The summed E-state index contributed by atoms with van der Waals surface area (Å²) in [6.07, 6.45) is 5.88. The fourth-order valence-electron chi connectivity index (χ4n) is 5.18. The zero-order chi connectivity index (χ0) is 24.8. The van der Waals surface area contributed by atoms with Crippen LogP contribution >= 0.6 is 11.6 Å². The summed E-state index contributed by atoms with van der Waals surface area (Å²) in [4.78, 5) is 15.9. The maximum atomic E-state index is 6.82. The van der Waals surface area contributed by atoms with Crippen molar-refractivity contribution in [3.63, 3.8) is 0 Å². The highest BCUT2D eigenvalue weighted by Gasteiger charge is 2.33. The highest BCUT2D eigenvalue weighted by molar-refractivity contribution is 6.34. The number of pyridine rings is 1. The molecular formula is C28H27ClN6O. The van der Waals surface area contributed by atoms with Gasteiger partial charge in [-0.1, -0.05) is 29.8 Å². The van der Waals surface area contributed by atoms with Gasteiger partial charge >= 0.3 is 0 Å². The van der Waals surface area contributed by atoms with Gasteiger partial charge in [-0.2, -0.15) is 0 Å². The molecule has 0 saturated heterocycles. The second-order valence-corrected chi connectivity index (χ2v) is 10.2. The molecule has 0 bridgehead atoms. The van der Waals surface area contributed by atoms with Crippen LogP contribution in [0, 0.1) is 5.92 Å². The Hall–Kier alpha value is -3.68. The van der Waals surface area contributed by atoms with E-state index in [-0.39, 0.29) is 0 Å². The number of rotatable bonds is 6. The van der Waals surface area contributed by atoms with Crippen molar-refractivity contribution in [2.45, 2.75) is 18.9 Å². The fourth-order valence-corrected chi connectivity index (χ4v) is 5.46. The molecule has 2 N–H and O–H groups in total. The van der Waals surface area contributed by atoms with Gasteiger partial charge in [-0.05, 0) is 63.2 Å². The number of aromatic nitrogens is 4. The van der Waals surface area contributed by atoms with Crippen molar-refractivity contribution in [2.24, 2.45) is 5.92 Å². The zero-order valence-corrected chi connectivity index (χ0v) is 21.0. The van der Waals surface area contributed by atoms with Gasteiger partial charge in [0.2, 0.25) is 5.88 Å². The van der Waals surface area contributed by atoms with Crippen LogP contribution < -0.4 is 10.5 Å². The molecule has 1 aliphatic carbocycles. The Morgan fingerprint density at radius 2 is 1.86 bits per heavy atom. The molecular weight excluding hydrogens is 472 g/mol. The van der Waals surface area contributed by atoms with Crippen LogP contribution in [0.25, 0.3) is 33.1 Å². The van der Waals surface area contributed by atoms with E-state index in [9.17, 15) is 0 Å². The lowest BCUT2D eigenvalue weighted by molar-refractivity contribution is 0.159. The van der Waals surface area contributed by atoms with Crippen LogP contribution in [0.5, 0.6) is 11.6 Å². The molecule has 1 aliphatic rings. The molecule has 5 aromatic rings. The van der Waals surface area contributed by atoms with Crippen molar-refractivity contribution >= 4 is 39.4 Å². The van der Waals surface area contributed by atoms with Crippen molar-refractivity contribution in [3.05, 3.63) is 72.1 Å². The van der Waals surface area contributed by atoms with Gasteiger partial charge in [0.05, 0.1) is 10.9 Å². The molecule has 182 valence electrons. The Balaban J connectivity index is 1.41. The Morgan fingerprint density at radius 3 is 2.64 bits per heavy atom. The number of hydrogen-bond acceptors (Lipinski definition) is 6. The first-order chi connectivity index (χ1) is 17.5. The Bertz CT molecular complexity index is 1560. The first-order valence-corrected chi connectivity index (χ1v) is 12.4. The van der Waals surface area contributed by atoms with E-state index < -0.39 is 0 Å². The number of nitrogens with zero attached hydrogens (tertiary/aromatic N) is 5. The van der Waals surface area contributed by atoms with Gasteiger partial charge in [-0.3, -0.25) is 0 Å². The van der Waals surface area contributed by atoms with Crippen LogP contribution in [0.4, 0.5) is 5.82 Å². The minimum absolute atomic E-state index is 0.378. The molecule has 0 unspecified atom stereocenters. The lowest BCUT2D eigenvalue weighted by Crippen LogP contribution is -2.33. The molecule has 1 saturated carbocycles. The van der Waals surface area contributed by atoms with E-state index in [4.69, 9.17) is 27.1 Å². The average Bonchev–Trinajstić information content (AvgIpc) is 3.21. The SMILES string of the molecule is CN(C)CC1CC(n2cc(-c3cc4nc(Oc5ccccc5)ccc4cc3Cl)c3c(N)ncnc32)C1. The monoisotopic (exact) mass is 498 g/mol. The van der Waals surface area contributed by atoms with Crippen molar-refractivity contribution in [3.8, 4) is 22.8 Å². The molecule has 1 fully saturated rings. The summed E-state index contributed by atoms with van der Waals surface area (Å²) in [5.74, 6) is 2.39. The molecule has 3 heterocycles. The number of anilines is 1. The largest absolute Gasteiger partial charge is 0.439 e. The average molecular weight is 499 g/mol. The van der Waals surface area contributed by atoms with Crippen LogP contribution in [-0.4, -0.2) is 45.1 Å². The van der Waals surface area contributed by atoms with Crippen molar-refractivity contribution < 1.29 is 4.74 Å². The standard InChI is InChI=1S/C28H27ClN6O/c1-34(2)14-17-10-19(11-17)35-15-22(26-27(30)31-16-32-28(26)35)21-13-24-18(12-23(21)29)8-9-25(33-24)36-20-6-4-3-5-7-20/h3-9,12-13,15-17,19H,10-11,14H2,1-2H3,(H2,30,31,32). The van der Waals surface area contributed by atoms with E-state index in [0.29, 0.717) is 28.7 Å². The third kappa shape index (κ3) is 4.14. The Labute approximate surface area is 214 Å². The summed E-state index contributed by atoms with van der Waals surface area (Å²) in [5, 5.41) is 2.39. The number of hydrogen-bond donors (Lipinski definition) is 1. The van der Waals surface area contributed by atoms with E-state index in [2.05, 4.69) is 39.7 Å². The molecule has 0 atom stereocenters. The second kappa shape index (κ2) is 9.08. The molecule has 0 aliphatic heterocycles. The topological polar surface area (TPSA) is 82.1 Å². The number of ether oxygens (including phenoxy) is 1. The summed E-state index contributed by atoms with van der Waals surface area (Å²) in [7, 11) is 4.24. The second-order valence-electron chi connectivity index (χ2n) is 9.75. The minimum atomic E-state index is 0.378. The number of nitrogen functional groups attached to an aromatic ring is 1. The van der Waals surface area contributed by atoms with Gasteiger partial charge in [0, 0.05) is 46.4 Å². The van der Waals surface area contributed by atoms with Crippen LogP contribution in [0.15, 0.2) is 67.1 Å². The summed E-state index contributed by atoms with van der Waals surface area (Å²) in [6, 6.07) is 17.8. The Morgan fingerprint density at radius 1 is 1.06 bits per heavy atom. The van der Waals surface area contributed by atoms with Crippen LogP contribution in [0.1, 0.15) is 18.9 Å². The molecule has 0 spiro atoms. The molecule has 3 aromatic heterocycles. The highest BCUT2D eigenvalue weighted by Crippen LogP contribution is 2.44. The van der Waals surface area contributed by atoms with E-state index in [1.54, 1.807) is 0 Å². The van der Waals surface area contributed by atoms with E-state index in [1.807, 2.05) is 54.6 Å². The van der Waals surface area contributed by atoms with Gasteiger partial charge in [0.15, 0.2) is 0 Å². The first-order valence-electron chi connectivity index (χ1n) is 12.1. The Kier molecular flexibility index (Phi) is 5.74. The fraction of sp³-hybridized carbons (Fsp3) is 0.250. The van der Waals surface area contributed by atoms with Gasteiger partial charge in [-0.15, -0.1) is 0 Å². The third-order valence-electron chi connectivity index (χ3n) is 6.87. The maximum absolute atomic E-state index is 6.82. The van der Waals surface area contributed by atoms with Crippen molar-refractivity contribution in [2.75, 3.05) is 26.4 Å². The van der Waals surface area contributed by atoms with Crippen molar-refractivity contribution in [1.82, 2.24) is 24.4 Å². The molecule has 2 aromatic carbocycles. The van der Waals surface area contributed by atoms with Crippen LogP contribution in [0.2, 0.25) is 5.02 Å². The van der Waals surface area contributed by atoms with Crippen LogP contribution in [0.3, 0.4) is 0 Å². The summed E-state index contributed by atoms with van der Waals surface area (Å²) in [6.45, 7) is 1.09. The number of benzene rings is 2. The van der Waals surface area contributed by atoms with Gasteiger partial charge in [0.1, 0.15) is 23.5 Å². The van der Waals surface area contributed by atoms with E-state index in [0.717, 1.165) is 58.2 Å². The molecule has 7 nitrogen and oxygen atoms in total. The highest BCUT2D eigenvalue weighted by atomic mass is 35.5. The minimum Gasteiger partial charge on any atom is -0.439 e. The predicted octanol–water partition coefficient (Wildman–Crippen LogP) is 6.19. The van der Waals surface area contributed by atoms with Crippen molar-refractivity contribution in [1.29, 1.82) is 0 Å².